The van der Waals surface area contributed by atoms with Crippen molar-refractivity contribution in [3.63, 3.8) is 0 Å². The number of hydrogen-bond acceptors (Lipinski definition) is 5. The zero-order valence-corrected chi connectivity index (χ0v) is 12.1. The Balaban J connectivity index is 2.08. The van der Waals surface area contributed by atoms with Gasteiger partial charge in [-0.1, -0.05) is 11.6 Å². The second-order valence-corrected chi connectivity index (χ2v) is 6.20. The number of H-pyrrole nitrogens is 1. The van der Waals surface area contributed by atoms with E-state index in [0.717, 1.165) is 12.1 Å². The number of rotatable bonds is 6. The van der Waals surface area contributed by atoms with Gasteiger partial charge in [-0.3, -0.25) is 5.10 Å². The molecule has 21 heavy (non-hydrogen) atoms. The highest BCUT2D eigenvalue weighted by atomic mass is 35.5. The first-order valence-electron chi connectivity index (χ1n) is 5.77. The van der Waals surface area contributed by atoms with Crippen LogP contribution in [0.15, 0.2) is 29.4 Å². The molecule has 3 N–H and O–H groups in total. The van der Waals surface area contributed by atoms with Crippen LogP contribution in [-0.2, 0) is 16.4 Å². The van der Waals surface area contributed by atoms with Crippen molar-refractivity contribution < 1.29 is 18.3 Å². The summed E-state index contributed by atoms with van der Waals surface area (Å²) in [6.07, 6.45) is 1.68. The number of sulfonamides is 1. The van der Waals surface area contributed by atoms with Gasteiger partial charge in [0.2, 0.25) is 10.0 Å². The van der Waals surface area contributed by atoms with Crippen molar-refractivity contribution in [1.82, 2.24) is 19.9 Å². The Morgan fingerprint density at radius 3 is 2.76 bits per heavy atom. The largest absolute Gasteiger partial charge is 0.478 e. The van der Waals surface area contributed by atoms with Crippen LogP contribution in [0.3, 0.4) is 0 Å². The molecule has 1 heterocycles. The maximum atomic E-state index is 12.0. The molecule has 1 aromatic carbocycles. The van der Waals surface area contributed by atoms with Crippen molar-refractivity contribution in [3.8, 4) is 0 Å². The lowest BCUT2D eigenvalue weighted by atomic mass is 10.2. The lowest BCUT2D eigenvalue weighted by molar-refractivity contribution is 0.0697. The molecule has 8 nitrogen and oxygen atoms in total. The number of carboxylic acid groups (broad SMARTS) is 1. The minimum Gasteiger partial charge on any atom is -0.478 e. The van der Waals surface area contributed by atoms with Gasteiger partial charge in [-0.15, -0.1) is 0 Å². The molecule has 112 valence electrons. The molecule has 0 atom stereocenters. The molecule has 0 bridgehead atoms. The zero-order chi connectivity index (χ0) is 15.5. The summed E-state index contributed by atoms with van der Waals surface area (Å²) in [6, 6.07) is 3.43. The van der Waals surface area contributed by atoms with Crippen LogP contribution >= 0.6 is 11.6 Å². The highest BCUT2D eigenvalue weighted by molar-refractivity contribution is 7.89. The second kappa shape index (κ2) is 6.20. The van der Waals surface area contributed by atoms with Crippen molar-refractivity contribution in [2.75, 3.05) is 6.54 Å². The van der Waals surface area contributed by atoms with Crippen LogP contribution in [0.5, 0.6) is 0 Å². The van der Waals surface area contributed by atoms with Gasteiger partial charge >= 0.3 is 5.97 Å². The maximum Gasteiger partial charge on any atom is 0.337 e. The summed E-state index contributed by atoms with van der Waals surface area (Å²) in [6.45, 7) is 0.121. The Hall–Kier alpha value is -1.97. The zero-order valence-electron chi connectivity index (χ0n) is 10.6. The van der Waals surface area contributed by atoms with E-state index in [2.05, 4.69) is 19.9 Å². The molecule has 2 rings (SSSR count). The number of hydrogen-bond donors (Lipinski definition) is 3. The Labute approximate surface area is 125 Å². The molecule has 0 aliphatic rings. The van der Waals surface area contributed by atoms with E-state index in [9.17, 15) is 13.2 Å². The minimum absolute atomic E-state index is 0.102. The summed E-state index contributed by atoms with van der Waals surface area (Å²) in [4.78, 5) is 14.6. The number of carboxylic acids is 1. The van der Waals surface area contributed by atoms with Gasteiger partial charge in [0, 0.05) is 13.0 Å². The van der Waals surface area contributed by atoms with Crippen molar-refractivity contribution in [3.05, 3.63) is 40.9 Å². The number of nitrogens with zero attached hydrogens (tertiary/aromatic N) is 2. The number of carbonyl (C=O) groups is 1. The van der Waals surface area contributed by atoms with Crippen LogP contribution in [0.2, 0.25) is 5.02 Å². The number of aromatic carboxylic acids is 1. The normalized spacial score (nSPS) is 11.5. The van der Waals surface area contributed by atoms with Crippen molar-refractivity contribution in [1.29, 1.82) is 0 Å². The minimum atomic E-state index is -3.77. The van der Waals surface area contributed by atoms with Crippen LogP contribution in [0.25, 0.3) is 0 Å². The van der Waals surface area contributed by atoms with E-state index >= 15 is 0 Å². The van der Waals surface area contributed by atoms with Crippen LogP contribution < -0.4 is 4.72 Å². The topological polar surface area (TPSA) is 125 Å². The summed E-state index contributed by atoms with van der Waals surface area (Å²) >= 11 is 5.75. The summed E-state index contributed by atoms with van der Waals surface area (Å²) in [5.41, 5.74) is -0.155. The van der Waals surface area contributed by atoms with E-state index in [1.807, 2.05) is 0 Å². The average molecular weight is 331 g/mol. The van der Waals surface area contributed by atoms with E-state index in [-0.39, 0.29) is 22.0 Å². The molecular weight excluding hydrogens is 320 g/mol. The molecule has 10 heteroatoms. The van der Waals surface area contributed by atoms with E-state index in [1.165, 1.54) is 12.4 Å². The lowest BCUT2D eigenvalue weighted by Crippen LogP contribution is -2.26. The maximum absolute atomic E-state index is 12.0. The predicted molar refractivity (Wildman–Crippen MR) is 73.7 cm³/mol. The predicted octanol–water partition coefficient (Wildman–Crippen LogP) is 0.677. The molecule has 0 fully saturated rings. The molecule has 0 unspecified atom stereocenters. The van der Waals surface area contributed by atoms with Crippen molar-refractivity contribution in [2.24, 2.45) is 0 Å². The molecule has 0 amide bonds. The average Bonchev–Trinajstić information content (AvgIpc) is 2.91. The molecular formula is C11H11ClN4O4S. The Morgan fingerprint density at radius 2 is 2.19 bits per heavy atom. The van der Waals surface area contributed by atoms with Gasteiger partial charge in [0.15, 0.2) is 0 Å². The molecule has 2 aromatic rings. The van der Waals surface area contributed by atoms with Crippen LogP contribution in [0.1, 0.15) is 16.2 Å². The molecule has 1 aromatic heterocycles. The quantitative estimate of drug-likeness (QED) is 0.715. The first kappa shape index (κ1) is 15.4. The number of benzene rings is 1. The van der Waals surface area contributed by atoms with Crippen molar-refractivity contribution >= 4 is 27.6 Å². The number of aromatic amines is 1. The number of aromatic nitrogens is 3. The third-order valence-corrected chi connectivity index (χ3v) is 4.37. The molecule has 0 saturated carbocycles. The number of nitrogens with one attached hydrogen (secondary N) is 2. The summed E-state index contributed by atoms with van der Waals surface area (Å²) in [7, 11) is -3.77. The first-order valence-corrected chi connectivity index (χ1v) is 7.63. The van der Waals surface area contributed by atoms with Gasteiger partial charge in [0.25, 0.3) is 0 Å². The smallest absolute Gasteiger partial charge is 0.337 e. The van der Waals surface area contributed by atoms with E-state index < -0.39 is 16.0 Å². The molecule has 0 radical (unpaired) electrons. The standard InChI is InChI=1S/C11H11ClN4O4S/c12-9-5-7(1-2-8(9)11(17)18)21(19,20)15-4-3-10-13-6-14-16-10/h1-2,5-6,15H,3-4H2,(H,17,18)(H,13,14,16). The summed E-state index contributed by atoms with van der Waals surface area (Å²) in [5.74, 6) is -0.667. The molecule has 0 spiro atoms. The highest BCUT2D eigenvalue weighted by Crippen LogP contribution is 2.20. The van der Waals surface area contributed by atoms with Gasteiger partial charge in [-0.25, -0.2) is 22.9 Å². The summed E-state index contributed by atoms with van der Waals surface area (Å²) < 4.78 is 26.4. The third kappa shape index (κ3) is 3.78. The second-order valence-electron chi connectivity index (χ2n) is 4.03. The fourth-order valence-corrected chi connectivity index (χ4v) is 2.96. The van der Waals surface area contributed by atoms with E-state index in [0.29, 0.717) is 12.2 Å². The SMILES string of the molecule is O=C(O)c1ccc(S(=O)(=O)NCCc2ncn[nH]2)cc1Cl. The number of halogens is 1. The lowest BCUT2D eigenvalue weighted by Gasteiger charge is -2.07. The fourth-order valence-electron chi connectivity index (χ4n) is 1.57. The van der Waals surface area contributed by atoms with Gasteiger partial charge < -0.3 is 5.11 Å². The van der Waals surface area contributed by atoms with E-state index in [4.69, 9.17) is 16.7 Å². The molecule has 0 aliphatic carbocycles. The molecule has 0 saturated heterocycles. The van der Waals surface area contributed by atoms with Crippen molar-refractivity contribution in [2.45, 2.75) is 11.3 Å². The Kier molecular flexibility index (Phi) is 4.56. The van der Waals surface area contributed by atoms with Crippen LogP contribution in [0.4, 0.5) is 0 Å². The summed E-state index contributed by atoms with van der Waals surface area (Å²) in [5, 5.41) is 15.0. The monoisotopic (exact) mass is 330 g/mol. The van der Waals surface area contributed by atoms with Gasteiger partial charge in [0.1, 0.15) is 12.2 Å². The van der Waals surface area contributed by atoms with E-state index in [1.54, 1.807) is 0 Å². The van der Waals surface area contributed by atoms with Gasteiger partial charge in [-0.05, 0) is 18.2 Å². The van der Waals surface area contributed by atoms with Crippen LogP contribution in [0, 0.1) is 0 Å². The van der Waals surface area contributed by atoms with Crippen LogP contribution in [-0.4, -0.2) is 41.2 Å². The first-order chi connectivity index (χ1) is 9.90. The van der Waals surface area contributed by atoms with Gasteiger partial charge in [-0.2, -0.15) is 5.10 Å². The Bertz CT molecular complexity index is 746. The fraction of sp³-hybridized carbons (Fsp3) is 0.182. The Morgan fingerprint density at radius 1 is 1.43 bits per heavy atom. The third-order valence-electron chi connectivity index (χ3n) is 2.60. The molecule has 0 aliphatic heterocycles. The van der Waals surface area contributed by atoms with Gasteiger partial charge in [0.05, 0.1) is 15.5 Å². The highest BCUT2D eigenvalue weighted by Gasteiger charge is 2.17.